The number of anilines is 1. The second kappa shape index (κ2) is 6.45. The average molecular weight is 361 g/mol. The summed E-state index contributed by atoms with van der Waals surface area (Å²) in [5, 5.41) is 15.7. The zero-order valence-electron chi connectivity index (χ0n) is 13.6. The number of nitrogen functional groups attached to an aromatic ring is 1. The van der Waals surface area contributed by atoms with Gasteiger partial charge in [0.25, 0.3) is 0 Å². The number of hydrogen-bond acceptors (Lipinski definition) is 6. The van der Waals surface area contributed by atoms with Crippen LogP contribution < -0.4 is 11.5 Å². The first-order valence-corrected chi connectivity index (χ1v) is 8.73. The van der Waals surface area contributed by atoms with Crippen LogP contribution in [0.4, 0.5) is 5.82 Å². The molecule has 0 unspecified atom stereocenters. The summed E-state index contributed by atoms with van der Waals surface area (Å²) in [5.41, 5.74) is 15.8. The lowest BCUT2D eigenvalue weighted by Crippen LogP contribution is -2.12. The van der Waals surface area contributed by atoms with Crippen molar-refractivity contribution in [2.45, 2.75) is 0 Å². The van der Waals surface area contributed by atoms with E-state index in [0.717, 1.165) is 32.7 Å². The first-order valence-electron chi connectivity index (χ1n) is 7.85. The lowest BCUT2D eigenvalue weighted by Gasteiger charge is -2.05. The maximum atomic E-state index is 8.75. The van der Waals surface area contributed by atoms with E-state index in [1.54, 1.807) is 23.5 Å². The molecule has 0 fully saturated rings. The molecule has 0 spiro atoms. The zero-order chi connectivity index (χ0) is 18.1. The maximum absolute atomic E-state index is 8.75. The molecule has 6 nitrogen and oxygen atoms in total. The van der Waals surface area contributed by atoms with Gasteiger partial charge in [0.1, 0.15) is 10.8 Å². The molecule has 4 aromatic rings. The van der Waals surface area contributed by atoms with Crippen molar-refractivity contribution in [3.63, 3.8) is 0 Å². The number of fused-ring (bicyclic) bond motifs is 1. The average Bonchev–Trinajstić information content (AvgIpc) is 3.17. The number of nitrogens with two attached hydrogens (primary N) is 2. The number of thiazole rings is 1. The van der Waals surface area contributed by atoms with Crippen LogP contribution >= 0.6 is 11.3 Å². The Morgan fingerprint density at radius 2 is 1.81 bits per heavy atom. The van der Waals surface area contributed by atoms with Gasteiger partial charge >= 0.3 is 0 Å². The lowest BCUT2D eigenvalue weighted by atomic mass is 10.1. The van der Waals surface area contributed by atoms with Crippen molar-refractivity contribution in [3.05, 3.63) is 65.5 Å². The van der Waals surface area contributed by atoms with Gasteiger partial charge in [-0.3, -0.25) is 0 Å². The van der Waals surface area contributed by atoms with Gasteiger partial charge in [-0.25, -0.2) is 9.97 Å². The highest BCUT2D eigenvalue weighted by molar-refractivity contribution is 7.13. The first kappa shape index (κ1) is 16.0. The summed E-state index contributed by atoms with van der Waals surface area (Å²) in [7, 11) is 0. The van der Waals surface area contributed by atoms with Gasteiger partial charge in [-0.05, 0) is 12.1 Å². The number of para-hydroxylation sites is 1. The van der Waals surface area contributed by atoms with Crippen molar-refractivity contribution >= 4 is 33.9 Å². The summed E-state index contributed by atoms with van der Waals surface area (Å²) >= 11 is 1.55. The van der Waals surface area contributed by atoms with Crippen molar-refractivity contribution in [1.29, 1.82) is 0 Å². The molecule has 0 aliphatic carbocycles. The van der Waals surface area contributed by atoms with E-state index in [0.29, 0.717) is 11.4 Å². The molecule has 7 heteroatoms. The zero-order valence-corrected chi connectivity index (χ0v) is 14.4. The molecule has 128 valence electrons. The van der Waals surface area contributed by atoms with E-state index in [9.17, 15) is 0 Å². The Hall–Kier alpha value is -3.45. The Morgan fingerprint density at radius 3 is 2.58 bits per heavy atom. The number of rotatable bonds is 3. The third kappa shape index (κ3) is 2.84. The summed E-state index contributed by atoms with van der Waals surface area (Å²) < 4.78 is 0. The molecule has 5 N–H and O–H groups in total. The van der Waals surface area contributed by atoms with Crippen LogP contribution in [0.1, 0.15) is 5.56 Å². The summed E-state index contributed by atoms with van der Waals surface area (Å²) in [6, 6.07) is 17.1. The van der Waals surface area contributed by atoms with Gasteiger partial charge in [-0.2, -0.15) is 0 Å². The molecular formula is C19H15N5OS. The van der Waals surface area contributed by atoms with E-state index >= 15 is 0 Å². The van der Waals surface area contributed by atoms with Gasteiger partial charge < -0.3 is 16.7 Å². The molecule has 2 aromatic carbocycles. The minimum absolute atomic E-state index is 0.0780. The number of pyridine rings is 1. The molecule has 2 heterocycles. The molecule has 26 heavy (non-hydrogen) atoms. The third-order valence-corrected chi connectivity index (χ3v) is 4.93. The molecule has 0 atom stereocenters. The lowest BCUT2D eigenvalue weighted by molar-refractivity contribution is 0.318. The Balaban J connectivity index is 1.75. The maximum Gasteiger partial charge on any atom is 0.170 e. The molecule has 2 aromatic heterocycles. The van der Waals surface area contributed by atoms with Gasteiger partial charge in [0, 0.05) is 27.5 Å². The molecule has 0 saturated carbocycles. The quantitative estimate of drug-likeness (QED) is 0.223. The van der Waals surface area contributed by atoms with Crippen LogP contribution in [0, 0.1) is 0 Å². The van der Waals surface area contributed by atoms with Gasteiger partial charge in [0.05, 0.1) is 11.2 Å². The number of amidine groups is 1. The minimum atomic E-state index is 0.0780. The molecule has 0 amide bonds. The summed E-state index contributed by atoms with van der Waals surface area (Å²) in [6.45, 7) is 0. The Morgan fingerprint density at radius 1 is 1.04 bits per heavy atom. The van der Waals surface area contributed by atoms with Crippen LogP contribution in [0.5, 0.6) is 0 Å². The van der Waals surface area contributed by atoms with E-state index in [1.807, 2.05) is 47.8 Å². The van der Waals surface area contributed by atoms with Crippen molar-refractivity contribution in [1.82, 2.24) is 9.97 Å². The predicted octanol–water partition coefficient (Wildman–Crippen LogP) is 3.70. The first-order chi connectivity index (χ1) is 12.7. The fourth-order valence-electron chi connectivity index (χ4n) is 2.77. The van der Waals surface area contributed by atoms with E-state index < -0.39 is 0 Å². The molecule has 0 bridgehead atoms. The van der Waals surface area contributed by atoms with Crippen LogP contribution in [0.2, 0.25) is 0 Å². The Bertz CT molecular complexity index is 1120. The van der Waals surface area contributed by atoms with Crippen LogP contribution in [0.3, 0.4) is 0 Å². The number of hydrogen-bond donors (Lipinski definition) is 3. The van der Waals surface area contributed by atoms with Gasteiger partial charge in [-0.1, -0.05) is 47.6 Å². The molecule has 0 aliphatic rings. The van der Waals surface area contributed by atoms with Gasteiger partial charge in [0.2, 0.25) is 0 Å². The molecular weight excluding hydrogens is 346 g/mol. The normalized spacial score (nSPS) is 11.8. The smallest absolute Gasteiger partial charge is 0.170 e. The second-order valence-corrected chi connectivity index (χ2v) is 6.57. The van der Waals surface area contributed by atoms with E-state index in [4.69, 9.17) is 21.7 Å². The van der Waals surface area contributed by atoms with Gasteiger partial charge in [0.15, 0.2) is 5.84 Å². The largest absolute Gasteiger partial charge is 0.409 e. The van der Waals surface area contributed by atoms with Crippen molar-refractivity contribution in [2.75, 3.05) is 5.73 Å². The molecule has 0 radical (unpaired) electrons. The van der Waals surface area contributed by atoms with Crippen LogP contribution in [0.25, 0.3) is 32.7 Å². The monoisotopic (exact) mass is 361 g/mol. The predicted molar refractivity (Wildman–Crippen MR) is 105 cm³/mol. The van der Waals surface area contributed by atoms with Gasteiger partial charge in [-0.15, -0.1) is 11.3 Å². The molecule has 4 rings (SSSR count). The number of nitrogens with zero attached hydrogens (tertiary/aromatic N) is 3. The van der Waals surface area contributed by atoms with E-state index in [-0.39, 0.29) is 5.84 Å². The second-order valence-electron chi connectivity index (χ2n) is 5.71. The highest BCUT2D eigenvalue weighted by atomic mass is 32.1. The van der Waals surface area contributed by atoms with Crippen LogP contribution in [-0.2, 0) is 0 Å². The summed E-state index contributed by atoms with van der Waals surface area (Å²) in [6.07, 6.45) is 0. The van der Waals surface area contributed by atoms with Crippen LogP contribution in [0.15, 0.2) is 65.1 Å². The van der Waals surface area contributed by atoms with Crippen molar-refractivity contribution in [2.24, 2.45) is 10.9 Å². The number of benzene rings is 2. The highest BCUT2D eigenvalue weighted by Gasteiger charge is 2.12. The topological polar surface area (TPSA) is 110 Å². The van der Waals surface area contributed by atoms with Crippen molar-refractivity contribution in [3.8, 4) is 21.8 Å². The van der Waals surface area contributed by atoms with Crippen molar-refractivity contribution < 1.29 is 5.21 Å². The minimum Gasteiger partial charge on any atom is -0.409 e. The standard InChI is InChI=1S/C19H15N5OS/c20-17-9-14(13-3-1-2-4-15(13)22-17)19-23-16(10-26-19)11-5-7-12(8-6-11)18(21)24-25/h1-10,25H,(H2,20,22)(H2,21,24). The van der Waals surface area contributed by atoms with Crippen LogP contribution in [-0.4, -0.2) is 21.0 Å². The third-order valence-electron chi connectivity index (χ3n) is 4.05. The fraction of sp³-hybridized carbons (Fsp3) is 0. The summed E-state index contributed by atoms with van der Waals surface area (Å²) in [5.74, 6) is 0.549. The van der Waals surface area contributed by atoms with E-state index in [2.05, 4.69) is 10.1 Å². The Labute approximate surface area is 153 Å². The highest BCUT2D eigenvalue weighted by Crippen LogP contribution is 2.34. The summed E-state index contributed by atoms with van der Waals surface area (Å²) in [4.78, 5) is 9.13. The fourth-order valence-corrected chi connectivity index (χ4v) is 3.63. The number of aromatic nitrogens is 2. The Kier molecular flexibility index (Phi) is 3.98. The SMILES string of the molecule is N/C(=N\O)c1ccc(-c2csc(-c3cc(N)nc4ccccc34)n2)cc1. The van der Waals surface area contributed by atoms with E-state index in [1.165, 1.54) is 0 Å². The molecule has 0 aliphatic heterocycles. The number of oxime groups is 1. The molecule has 0 saturated heterocycles.